The van der Waals surface area contributed by atoms with Gasteiger partial charge in [-0.05, 0) is 20.8 Å². The van der Waals surface area contributed by atoms with Crippen molar-refractivity contribution in [2.75, 3.05) is 19.8 Å². The van der Waals surface area contributed by atoms with Gasteiger partial charge in [-0.15, -0.1) is 0 Å². The minimum atomic E-state index is -0.0758. The smallest absolute Gasteiger partial charge is 0.293 e. The van der Waals surface area contributed by atoms with Gasteiger partial charge in [-0.25, -0.2) is 0 Å². The Balaban J connectivity index is 3.33. The molecule has 0 bridgehead atoms. The van der Waals surface area contributed by atoms with Gasteiger partial charge in [0.25, 0.3) is 6.47 Å². The van der Waals surface area contributed by atoms with E-state index in [0.717, 1.165) is 0 Å². The maximum atomic E-state index is 9.85. The Hall–Kier alpha value is -0.610. The molecule has 78 valence electrons. The molecule has 0 aromatic rings. The van der Waals surface area contributed by atoms with Crippen molar-refractivity contribution in [2.45, 2.75) is 33.0 Å². The molecule has 4 nitrogen and oxygen atoms in total. The van der Waals surface area contributed by atoms with E-state index < -0.39 is 0 Å². The van der Waals surface area contributed by atoms with Crippen LogP contribution in [0.2, 0.25) is 0 Å². The van der Waals surface area contributed by atoms with Crippen LogP contribution in [0.1, 0.15) is 20.8 Å². The highest BCUT2D eigenvalue weighted by molar-refractivity contribution is 5.36. The van der Waals surface area contributed by atoms with Crippen molar-refractivity contribution in [2.24, 2.45) is 0 Å². The summed E-state index contributed by atoms with van der Waals surface area (Å²) in [6.45, 7) is 7.66. The van der Waals surface area contributed by atoms with Gasteiger partial charge in [-0.3, -0.25) is 4.79 Å². The molecule has 0 aliphatic heterocycles. The van der Waals surface area contributed by atoms with Gasteiger partial charge < -0.3 is 14.2 Å². The molecule has 0 N–H and O–H groups in total. The molecule has 0 aliphatic carbocycles. The topological polar surface area (TPSA) is 44.8 Å². The molecule has 2 unspecified atom stereocenters. The first-order valence-electron chi connectivity index (χ1n) is 4.49. The summed E-state index contributed by atoms with van der Waals surface area (Å²) in [7, 11) is 0. The lowest BCUT2D eigenvalue weighted by molar-refractivity contribution is -0.133. The molecule has 2 atom stereocenters. The van der Waals surface area contributed by atoms with Crippen LogP contribution in [0.25, 0.3) is 0 Å². The lowest BCUT2D eigenvalue weighted by Gasteiger charge is -2.16. The van der Waals surface area contributed by atoms with Crippen LogP contribution in [0.4, 0.5) is 0 Å². The van der Waals surface area contributed by atoms with Crippen LogP contribution >= 0.6 is 0 Å². The third kappa shape index (κ3) is 7.74. The van der Waals surface area contributed by atoms with E-state index >= 15 is 0 Å². The van der Waals surface area contributed by atoms with E-state index in [2.05, 4.69) is 4.74 Å². The summed E-state index contributed by atoms with van der Waals surface area (Å²) < 4.78 is 15.2. The van der Waals surface area contributed by atoms with Gasteiger partial charge in [0, 0.05) is 6.61 Å². The standard InChI is InChI=1S/C9H18O4/c1-4-12-9(3)6-13-8(2)5-11-7-10/h7-9H,4-6H2,1-3H3. The molecule has 13 heavy (non-hydrogen) atoms. The average molecular weight is 190 g/mol. The molecule has 0 spiro atoms. The molecule has 0 aliphatic rings. The first kappa shape index (κ1) is 12.4. The van der Waals surface area contributed by atoms with E-state index in [-0.39, 0.29) is 12.2 Å². The highest BCUT2D eigenvalue weighted by Crippen LogP contribution is 1.96. The average Bonchev–Trinajstić information content (AvgIpc) is 2.12. The summed E-state index contributed by atoms with van der Waals surface area (Å²) in [5.74, 6) is 0. The van der Waals surface area contributed by atoms with Gasteiger partial charge in [-0.2, -0.15) is 0 Å². The van der Waals surface area contributed by atoms with Crippen LogP contribution in [0.3, 0.4) is 0 Å². The lowest BCUT2D eigenvalue weighted by atomic mass is 10.4. The Morgan fingerprint density at radius 2 is 1.77 bits per heavy atom. The molecule has 0 heterocycles. The highest BCUT2D eigenvalue weighted by Gasteiger charge is 2.06. The van der Waals surface area contributed by atoms with E-state index in [0.29, 0.717) is 26.3 Å². The van der Waals surface area contributed by atoms with E-state index in [9.17, 15) is 4.79 Å². The van der Waals surface area contributed by atoms with Gasteiger partial charge in [-0.1, -0.05) is 0 Å². The molecule has 0 rings (SSSR count). The molecule has 0 aromatic heterocycles. The summed E-state index contributed by atoms with van der Waals surface area (Å²) in [5, 5.41) is 0. The summed E-state index contributed by atoms with van der Waals surface area (Å²) in [4.78, 5) is 9.85. The van der Waals surface area contributed by atoms with Gasteiger partial charge in [0.05, 0.1) is 18.8 Å². The third-order valence-corrected chi connectivity index (χ3v) is 1.47. The first-order valence-corrected chi connectivity index (χ1v) is 4.49. The zero-order valence-electron chi connectivity index (χ0n) is 8.49. The molecule has 4 heteroatoms. The van der Waals surface area contributed by atoms with Crippen molar-refractivity contribution >= 4 is 6.47 Å². The number of ether oxygens (including phenoxy) is 3. The molecule has 0 aromatic carbocycles. The van der Waals surface area contributed by atoms with Crippen molar-refractivity contribution in [1.29, 1.82) is 0 Å². The predicted molar refractivity (Wildman–Crippen MR) is 48.5 cm³/mol. The molecular weight excluding hydrogens is 172 g/mol. The molecule has 0 saturated carbocycles. The normalized spacial score (nSPS) is 15.0. The molecule has 0 amide bonds. The van der Waals surface area contributed by atoms with Crippen molar-refractivity contribution in [3.63, 3.8) is 0 Å². The molecule has 0 fully saturated rings. The minimum Gasteiger partial charge on any atom is -0.465 e. The number of carbonyl (C=O) groups is 1. The van der Waals surface area contributed by atoms with Gasteiger partial charge in [0.2, 0.25) is 0 Å². The summed E-state index contributed by atoms with van der Waals surface area (Å²) >= 11 is 0. The monoisotopic (exact) mass is 190 g/mol. The second-order valence-corrected chi connectivity index (χ2v) is 2.84. The van der Waals surface area contributed by atoms with Gasteiger partial charge in [0.1, 0.15) is 6.61 Å². The molecule has 0 radical (unpaired) electrons. The van der Waals surface area contributed by atoms with Crippen LogP contribution in [-0.2, 0) is 19.0 Å². The van der Waals surface area contributed by atoms with Crippen molar-refractivity contribution in [3.8, 4) is 0 Å². The Labute approximate surface area is 79.2 Å². The van der Waals surface area contributed by atoms with E-state index in [1.54, 1.807) is 0 Å². The summed E-state index contributed by atoms with van der Waals surface area (Å²) in [6.07, 6.45) is 0.0109. The fourth-order valence-electron chi connectivity index (χ4n) is 0.855. The summed E-state index contributed by atoms with van der Waals surface area (Å²) in [5.41, 5.74) is 0. The maximum absolute atomic E-state index is 9.85. The Morgan fingerprint density at radius 1 is 1.15 bits per heavy atom. The van der Waals surface area contributed by atoms with Crippen molar-refractivity contribution < 1.29 is 19.0 Å². The lowest BCUT2D eigenvalue weighted by Crippen LogP contribution is -2.23. The second kappa shape index (κ2) is 8.01. The molecular formula is C9H18O4. The summed E-state index contributed by atoms with van der Waals surface area (Å²) in [6, 6.07) is 0. The number of hydrogen-bond acceptors (Lipinski definition) is 4. The number of carbonyl (C=O) groups excluding carboxylic acids is 1. The highest BCUT2D eigenvalue weighted by atomic mass is 16.6. The van der Waals surface area contributed by atoms with Crippen LogP contribution in [0.5, 0.6) is 0 Å². The van der Waals surface area contributed by atoms with Gasteiger partial charge in [0.15, 0.2) is 0 Å². The van der Waals surface area contributed by atoms with E-state index in [4.69, 9.17) is 9.47 Å². The fourth-order valence-corrected chi connectivity index (χ4v) is 0.855. The van der Waals surface area contributed by atoms with Crippen molar-refractivity contribution in [3.05, 3.63) is 0 Å². The number of hydrogen-bond donors (Lipinski definition) is 0. The third-order valence-electron chi connectivity index (χ3n) is 1.47. The SMILES string of the molecule is CCOC(C)COC(C)COC=O. The van der Waals surface area contributed by atoms with E-state index in [1.165, 1.54) is 0 Å². The maximum Gasteiger partial charge on any atom is 0.293 e. The molecule has 0 saturated heterocycles. The van der Waals surface area contributed by atoms with E-state index in [1.807, 2.05) is 20.8 Å². The Morgan fingerprint density at radius 3 is 2.31 bits per heavy atom. The predicted octanol–water partition coefficient (Wildman–Crippen LogP) is 0.990. The van der Waals surface area contributed by atoms with Crippen LogP contribution in [0, 0.1) is 0 Å². The van der Waals surface area contributed by atoms with Gasteiger partial charge >= 0.3 is 0 Å². The first-order chi connectivity index (χ1) is 6.20. The zero-order valence-corrected chi connectivity index (χ0v) is 8.49. The fraction of sp³-hybridized carbons (Fsp3) is 0.889. The Bertz CT molecular complexity index is 127. The van der Waals surface area contributed by atoms with Crippen molar-refractivity contribution in [1.82, 2.24) is 0 Å². The van der Waals surface area contributed by atoms with Crippen LogP contribution in [0.15, 0.2) is 0 Å². The zero-order chi connectivity index (χ0) is 10.1. The van der Waals surface area contributed by atoms with Crippen LogP contribution < -0.4 is 0 Å². The van der Waals surface area contributed by atoms with Crippen LogP contribution in [-0.4, -0.2) is 38.5 Å². The minimum absolute atomic E-state index is 0.0758. The quantitative estimate of drug-likeness (QED) is 0.535. The Kier molecular flexibility index (Phi) is 7.63. The number of rotatable bonds is 8. The largest absolute Gasteiger partial charge is 0.465 e. The second-order valence-electron chi connectivity index (χ2n) is 2.84.